The third-order valence-electron chi connectivity index (χ3n) is 5.83. The molecule has 4 bridgehead atoms. The van der Waals surface area contributed by atoms with Crippen LogP contribution in [0.15, 0.2) is 43.8 Å². The van der Waals surface area contributed by atoms with Crippen LogP contribution in [0, 0.1) is 35.5 Å². The van der Waals surface area contributed by atoms with Crippen LogP contribution in [0.5, 0.6) is 0 Å². The predicted molar refractivity (Wildman–Crippen MR) is 91.1 cm³/mol. The zero-order valence-electron chi connectivity index (χ0n) is 13.1. The van der Waals surface area contributed by atoms with Crippen molar-refractivity contribution in [2.45, 2.75) is 12.5 Å². The highest BCUT2D eigenvalue weighted by atomic mass is 32.1. The molecule has 4 saturated carbocycles. The van der Waals surface area contributed by atoms with Gasteiger partial charge in [0.25, 0.3) is 5.17 Å². The second-order valence-corrected chi connectivity index (χ2v) is 7.08. The van der Waals surface area contributed by atoms with Gasteiger partial charge in [-0.05, 0) is 36.5 Å². The maximum absolute atomic E-state index is 12.9. The maximum Gasteiger partial charge on any atom is 0.284 e. The Labute approximate surface area is 145 Å². The lowest BCUT2D eigenvalue weighted by Gasteiger charge is -2.57. The Morgan fingerprint density at radius 3 is 2.25 bits per heavy atom. The fraction of sp³-hybridized carbons (Fsp3) is 0.444. The van der Waals surface area contributed by atoms with E-state index in [-0.39, 0.29) is 52.2 Å². The number of ketones is 2. The number of aromatic nitrogens is 2. The summed E-state index contributed by atoms with van der Waals surface area (Å²) < 4.78 is 7.40. The van der Waals surface area contributed by atoms with Crippen LogP contribution in [-0.2, 0) is 14.3 Å². The van der Waals surface area contributed by atoms with Crippen LogP contribution in [0.4, 0.5) is 0 Å². The van der Waals surface area contributed by atoms with Gasteiger partial charge in [-0.1, -0.05) is 12.2 Å². The van der Waals surface area contributed by atoms with Crippen LogP contribution in [-0.4, -0.2) is 32.6 Å². The lowest BCUT2D eigenvalue weighted by molar-refractivity contribution is -0.175. The van der Waals surface area contributed by atoms with Crippen molar-refractivity contribution < 1.29 is 14.3 Å². The van der Waals surface area contributed by atoms with E-state index in [0.29, 0.717) is 6.42 Å². The van der Waals surface area contributed by atoms with E-state index < -0.39 is 6.10 Å². The quantitative estimate of drug-likeness (QED) is 0.621. The molecule has 0 aromatic carbocycles. The highest BCUT2D eigenvalue weighted by Gasteiger charge is 2.65. The first-order valence-corrected chi connectivity index (χ1v) is 8.52. The average molecular weight is 342 g/mol. The predicted octanol–water partition coefficient (Wildman–Crippen LogP) is 2.04. The Morgan fingerprint density at radius 2 is 1.79 bits per heavy atom. The van der Waals surface area contributed by atoms with E-state index in [0.717, 1.165) is 0 Å². The molecule has 1 aromatic heterocycles. The molecule has 1 heterocycles. The Bertz CT molecular complexity index is 703. The summed E-state index contributed by atoms with van der Waals surface area (Å²) in [6.07, 6.45) is 6.78. The van der Waals surface area contributed by atoms with Crippen LogP contribution < -0.4 is 0 Å². The van der Waals surface area contributed by atoms with Gasteiger partial charge in [0.05, 0.1) is 11.8 Å². The third-order valence-corrected chi connectivity index (χ3v) is 6.12. The van der Waals surface area contributed by atoms with Crippen molar-refractivity contribution in [3.05, 3.63) is 43.8 Å². The monoisotopic (exact) mass is 342 g/mol. The lowest BCUT2D eigenvalue weighted by atomic mass is 9.46. The van der Waals surface area contributed by atoms with E-state index in [9.17, 15) is 9.59 Å². The fourth-order valence-corrected chi connectivity index (χ4v) is 5.09. The molecule has 4 aliphatic carbocycles. The number of hydrogen-bond acceptors (Lipinski definition) is 5. The molecular formula is C18H18N2O3S. The van der Waals surface area contributed by atoms with Crippen LogP contribution >= 0.6 is 12.2 Å². The summed E-state index contributed by atoms with van der Waals surface area (Å²) in [5.41, 5.74) is 0. The van der Waals surface area contributed by atoms with Gasteiger partial charge in [0.2, 0.25) is 0 Å². The molecule has 0 amide bonds. The molecule has 0 aliphatic heterocycles. The van der Waals surface area contributed by atoms with Gasteiger partial charge in [0.1, 0.15) is 17.7 Å². The molecule has 6 atom stereocenters. The molecular weight excluding hydrogens is 324 g/mol. The molecule has 24 heavy (non-hydrogen) atoms. The smallest absolute Gasteiger partial charge is 0.284 e. The minimum atomic E-state index is -0.569. The SMILES string of the molecule is C=CC1C2CC3C(=O)C1C(OC(=S)n1cccn1)C(C2=O)C3C=C. The average Bonchev–Trinajstić information content (AvgIpc) is 3.10. The number of hydrogen-bond donors (Lipinski definition) is 0. The van der Waals surface area contributed by atoms with Crippen molar-refractivity contribution in [3.63, 3.8) is 0 Å². The Morgan fingerprint density at radius 1 is 1.21 bits per heavy atom. The minimum absolute atomic E-state index is 0.130. The highest BCUT2D eigenvalue weighted by molar-refractivity contribution is 7.80. The van der Waals surface area contributed by atoms with Gasteiger partial charge in [-0.2, -0.15) is 9.78 Å². The highest BCUT2D eigenvalue weighted by Crippen LogP contribution is 2.57. The normalized spacial score (nSPS) is 39.8. The number of carbonyl (C=O) groups is 2. The number of nitrogens with zero attached hydrogens (tertiary/aromatic N) is 2. The molecule has 6 heteroatoms. The van der Waals surface area contributed by atoms with E-state index in [1.165, 1.54) is 4.68 Å². The van der Waals surface area contributed by atoms with Crippen LogP contribution in [0.1, 0.15) is 6.42 Å². The third kappa shape index (κ3) is 1.92. The van der Waals surface area contributed by atoms with Gasteiger partial charge in [0.15, 0.2) is 0 Å². The number of thiocarbonyl (C=S) groups is 1. The van der Waals surface area contributed by atoms with Crippen LogP contribution in [0.25, 0.3) is 0 Å². The molecule has 1 aromatic rings. The first kappa shape index (κ1) is 15.4. The Hall–Kier alpha value is -2.08. The topological polar surface area (TPSA) is 61.2 Å². The summed E-state index contributed by atoms with van der Waals surface area (Å²) in [5.74, 6) is -1.03. The number of ether oxygens (including phenoxy) is 1. The second kappa shape index (κ2) is 5.48. The molecule has 4 aliphatic rings. The van der Waals surface area contributed by atoms with Gasteiger partial charge in [0, 0.05) is 24.2 Å². The van der Waals surface area contributed by atoms with Gasteiger partial charge in [-0.3, -0.25) is 9.59 Å². The van der Waals surface area contributed by atoms with Gasteiger partial charge in [-0.15, -0.1) is 13.2 Å². The van der Waals surface area contributed by atoms with E-state index in [1.54, 1.807) is 30.6 Å². The van der Waals surface area contributed by atoms with Gasteiger partial charge in [-0.25, -0.2) is 0 Å². The first-order chi connectivity index (χ1) is 11.6. The van der Waals surface area contributed by atoms with Crippen molar-refractivity contribution in [2.24, 2.45) is 35.5 Å². The summed E-state index contributed by atoms with van der Waals surface area (Å²) in [4.78, 5) is 25.9. The van der Waals surface area contributed by atoms with Crippen molar-refractivity contribution in [1.82, 2.24) is 9.78 Å². The van der Waals surface area contributed by atoms with Crippen LogP contribution in [0.2, 0.25) is 0 Å². The number of allylic oxidation sites excluding steroid dienone is 2. The van der Waals surface area contributed by atoms with Crippen molar-refractivity contribution >= 4 is 29.0 Å². The van der Waals surface area contributed by atoms with E-state index in [1.807, 2.05) is 0 Å². The molecule has 0 spiro atoms. The molecule has 124 valence electrons. The lowest BCUT2D eigenvalue weighted by Crippen LogP contribution is -2.66. The standard InChI is InChI=1S/C18H18N2O3S/c1-3-9-11-8-12-10(4-2)14(15(11)21)17(13(9)16(12)22)23-18(24)20-7-5-6-19-20/h3-7,9-14,17H,1-2,8H2. The van der Waals surface area contributed by atoms with Gasteiger partial charge >= 0.3 is 0 Å². The molecule has 6 unspecified atom stereocenters. The van der Waals surface area contributed by atoms with Crippen molar-refractivity contribution in [2.75, 3.05) is 0 Å². The van der Waals surface area contributed by atoms with Crippen molar-refractivity contribution in [1.29, 1.82) is 0 Å². The zero-order chi connectivity index (χ0) is 17.0. The largest absolute Gasteiger partial charge is 0.465 e. The minimum Gasteiger partial charge on any atom is -0.465 e. The van der Waals surface area contributed by atoms with Gasteiger partial charge < -0.3 is 4.74 Å². The van der Waals surface area contributed by atoms with E-state index >= 15 is 0 Å². The Kier molecular flexibility index (Phi) is 3.53. The summed E-state index contributed by atoms with van der Waals surface area (Å²) in [6.45, 7) is 7.70. The van der Waals surface area contributed by atoms with Crippen molar-refractivity contribution in [3.8, 4) is 0 Å². The molecule has 0 N–H and O–H groups in total. The zero-order valence-corrected chi connectivity index (χ0v) is 13.9. The first-order valence-electron chi connectivity index (χ1n) is 8.11. The second-order valence-electron chi connectivity index (χ2n) is 6.73. The fourth-order valence-electron chi connectivity index (χ4n) is 4.87. The van der Waals surface area contributed by atoms with Crippen LogP contribution in [0.3, 0.4) is 0 Å². The van der Waals surface area contributed by atoms with E-state index in [4.69, 9.17) is 17.0 Å². The number of rotatable bonds is 3. The number of Topliss-reactive ketones (excluding diaryl/α,β-unsaturated/α-hetero) is 2. The molecule has 5 rings (SSSR count). The summed E-state index contributed by atoms with van der Waals surface area (Å²) in [6, 6.07) is 1.74. The summed E-state index contributed by atoms with van der Waals surface area (Å²) in [7, 11) is 0. The number of carbonyl (C=O) groups excluding carboxylic acids is 2. The summed E-state index contributed by atoms with van der Waals surface area (Å²) >= 11 is 5.30. The van der Waals surface area contributed by atoms with E-state index in [2.05, 4.69) is 18.3 Å². The molecule has 0 radical (unpaired) electrons. The molecule has 4 fully saturated rings. The molecule has 5 nitrogen and oxygen atoms in total. The molecule has 0 saturated heterocycles. The summed E-state index contributed by atoms with van der Waals surface area (Å²) in [5, 5.41) is 4.21. The Balaban J connectivity index is 1.73. The maximum atomic E-state index is 12.9.